The number of nitrogens with zero attached hydrogens (tertiary/aromatic N) is 1. The summed E-state index contributed by atoms with van der Waals surface area (Å²) in [6.07, 6.45) is 2.27. The van der Waals surface area contributed by atoms with E-state index in [0.29, 0.717) is 51.0 Å². The summed E-state index contributed by atoms with van der Waals surface area (Å²) in [6, 6.07) is 11.0. The molecular formula is C22H21BrClNO5S. The zero-order valence-corrected chi connectivity index (χ0v) is 20.2. The molecule has 164 valence electrons. The number of ether oxygens (including phenoxy) is 3. The first-order valence-corrected chi connectivity index (χ1v) is 11.4. The van der Waals surface area contributed by atoms with Gasteiger partial charge in [0.25, 0.3) is 11.1 Å². The highest BCUT2D eigenvalue weighted by Crippen LogP contribution is 2.39. The summed E-state index contributed by atoms with van der Waals surface area (Å²) in [7, 11) is 3.12. The largest absolute Gasteiger partial charge is 0.493 e. The molecule has 1 saturated heterocycles. The van der Waals surface area contributed by atoms with Crippen molar-refractivity contribution < 1.29 is 23.8 Å². The zero-order chi connectivity index (χ0) is 22.4. The van der Waals surface area contributed by atoms with Crippen molar-refractivity contribution in [1.29, 1.82) is 0 Å². The Morgan fingerprint density at radius 1 is 1.19 bits per heavy atom. The van der Waals surface area contributed by atoms with Crippen LogP contribution in [0.2, 0.25) is 5.02 Å². The van der Waals surface area contributed by atoms with Gasteiger partial charge < -0.3 is 14.2 Å². The van der Waals surface area contributed by atoms with E-state index in [0.717, 1.165) is 17.3 Å². The molecule has 0 N–H and O–H groups in total. The van der Waals surface area contributed by atoms with Crippen LogP contribution in [0.5, 0.6) is 11.5 Å². The van der Waals surface area contributed by atoms with E-state index in [1.807, 2.05) is 24.3 Å². The summed E-state index contributed by atoms with van der Waals surface area (Å²) in [5.74, 6) is 0.708. The van der Waals surface area contributed by atoms with Gasteiger partial charge in [-0.2, -0.15) is 0 Å². The Bertz CT molecular complexity index is 1010. The van der Waals surface area contributed by atoms with Gasteiger partial charge in [0.15, 0.2) is 11.5 Å². The number of imide groups is 1. The lowest BCUT2D eigenvalue weighted by Crippen LogP contribution is -2.29. The Balaban J connectivity index is 1.79. The highest BCUT2D eigenvalue weighted by Gasteiger charge is 2.34. The maximum Gasteiger partial charge on any atom is 0.293 e. The summed E-state index contributed by atoms with van der Waals surface area (Å²) in [5, 5.41) is 0.341. The number of halogens is 2. The molecular weight excluding hydrogens is 506 g/mol. The Labute approximate surface area is 198 Å². The van der Waals surface area contributed by atoms with E-state index in [1.54, 1.807) is 25.3 Å². The number of amides is 2. The number of carbonyl (C=O) groups excluding carboxylic acids is 2. The predicted molar refractivity (Wildman–Crippen MR) is 126 cm³/mol. The molecule has 0 aliphatic carbocycles. The first-order chi connectivity index (χ1) is 14.9. The lowest BCUT2D eigenvalue weighted by Gasteiger charge is -2.14. The van der Waals surface area contributed by atoms with Crippen molar-refractivity contribution in [3.63, 3.8) is 0 Å². The first-order valence-electron chi connectivity index (χ1n) is 9.42. The van der Waals surface area contributed by atoms with Crippen LogP contribution >= 0.6 is 39.3 Å². The summed E-state index contributed by atoms with van der Waals surface area (Å²) < 4.78 is 17.1. The first kappa shape index (κ1) is 23.7. The Hall–Kier alpha value is -2.00. The molecule has 0 aromatic heterocycles. The normalized spacial score (nSPS) is 15.1. The summed E-state index contributed by atoms with van der Waals surface area (Å²) in [4.78, 5) is 26.4. The Morgan fingerprint density at radius 3 is 2.68 bits per heavy atom. The van der Waals surface area contributed by atoms with Crippen LogP contribution in [0.25, 0.3) is 6.08 Å². The Morgan fingerprint density at radius 2 is 1.97 bits per heavy atom. The fourth-order valence-corrected chi connectivity index (χ4v) is 4.57. The van der Waals surface area contributed by atoms with Gasteiger partial charge >= 0.3 is 0 Å². The molecule has 2 amide bonds. The van der Waals surface area contributed by atoms with Crippen LogP contribution in [-0.2, 0) is 16.1 Å². The van der Waals surface area contributed by atoms with E-state index < -0.39 is 0 Å². The van der Waals surface area contributed by atoms with E-state index >= 15 is 0 Å². The monoisotopic (exact) mass is 525 g/mol. The molecule has 0 radical (unpaired) electrons. The van der Waals surface area contributed by atoms with Gasteiger partial charge in [-0.1, -0.05) is 29.8 Å². The van der Waals surface area contributed by atoms with Crippen LogP contribution in [0.1, 0.15) is 17.5 Å². The van der Waals surface area contributed by atoms with Gasteiger partial charge in [0, 0.05) is 30.8 Å². The van der Waals surface area contributed by atoms with E-state index in [-0.39, 0.29) is 17.8 Å². The molecule has 0 atom stereocenters. The molecule has 2 aromatic rings. The SMILES string of the molecule is COCCCN1C(=O)S/C(=C\c2cc(Br)c(OCc3ccccc3Cl)c(OC)c2)C1=O. The van der Waals surface area contributed by atoms with Crippen molar-refractivity contribution in [2.24, 2.45) is 0 Å². The third-order valence-electron chi connectivity index (χ3n) is 4.48. The number of carbonyl (C=O) groups is 2. The van der Waals surface area contributed by atoms with E-state index in [4.69, 9.17) is 25.8 Å². The van der Waals surface area contributed by atoms with Crippen molar-refractivity contribution >= 4 is 56.5 Å². The van der Waals surface area contributed by atoms with Gasteiger partial charge in [0.2, 0.25) is 0 Å². The van der Waals surface area contributed by atoms with Crippen LogP contribution in [-0.4, -0.2) is 43.4 Å². The van der Waals surface area contributed by atoms with Gasteiger partial charge in [-0.15, -0.1) is 0 Å². The molecule has 1 heterocycles. The van der Waals surface area contributed by atoms with E-state index in [2.05, 4.69) is 15.9 Å². The van der Waals surface area contributed by atoms with Crippen LogP contribution in [0, 0.1) is 0 Å². The average molecular weight is 527 g/mol. The molecule has 0 spiro atoms. The van der Waals surface area contributed by atoms with Gasteiger partial charge in [-0.25, -0.2) is 0 Å². The quantitative estimate of drug-likeness (QED) is 0.306. The third-order valence-corrected chi connectivity index (χ3v) is 6.35. The highest BCUT2D eigenvalue weighted by atomic mass is 79.9. The molecule has 1 aliphatic heterocycles. The van der Waals surface area contributed by atoms with E-state index in [1.165, 1.54) is 12.0 Å². The van der Waals surface area contributed by atoms with Crippen molar-refractivity contribution in [2.75, 3.05) is 27.4 Å². The smallest absolute Gasteiger partial charge is 0.293 e. The highest BCUT2D eigenvalue weighted by molar-refractivity contribution is 9.10. The number of thioether (sulfide) groups is 1. The Kier molecular flexibility index (Phi) is 8.43. The molecule has 3 rings (SSSR count). The molecule has 0 bridgehead atoms. The minimum Gasteiger partial charge on any atom is -0.493 e. The van der Waals surface area contributed by atoms with Crippen molar-refractivity contribution in [1.82, 2.24) is 4.90 Å². The maximum absolute atomic E-state index is 12.6. The fourth-order valence-electron chi connectivity index (χ4n) is 2.94. The van der Waals surface area contributed by atoms with Crippen molar-refractivity contribution in [3.05, 3.63) is 61.9 Å². The third kappa shape index (κ3) is 5.83. The van der Waals surface area contributed by atoms with Crippen molar-refractivity contribution in [3.8, 4) is 11.5 Å². The van der Waals surface area contributed by atoms with Crippen molar-refractivity contribution in [2.45, 2.75) is 13.0 Å². The molecule has 0 unspecified atom stereocenters. The second-order valence-electron chi connectivity index (χ2n) is 6.59. The minimum absolute atomic E-state index is 0.272. The van der Waals surface area contributed by atoms with Gasteiger partial charge in [-0.3, -0.25) is 14.5 Å². The molecule has 0 saturated carbocycles. The standard InChI is InChI=1S/C22H21BrClNO5S/c1-28-9-5-8-25-21(26)19(31-22(25)27)12-14-10-16(23)20(18(11-14)29-2)30-13-15-6-3-4-7-17(15)24/h3-4,6-7,10-12H,5,8-9,13H2,1-2H3/b19-12-. The van der Waals surface area contributed by atoms with Gasteiger partial charge in [0.1, 0.15) is 6.61 Å². The average Bonchev–Trinajstić information content (AvgIpc) is 3.01. The molecule has 9 heteroatoms. The maximum atomic E-state index is 12.6. The summed E-state index contributed by atoms with van der Waals surface area (Å²) >= 11 is 10.6. The minimum atomic E-state index is -0.305. The molecule has 2 aromatic carbocycles. The second-order valence-corrected chi connectivity index (χ2v) is 8.85. The molecule has 6 nitrogen and oxygen atoms in total. The topological polar surface area (TPSA) is 65.1 Å². The lowest BCUT2D eigenvalue weighted by molar-refractivity contribution is -0.122. The predicted octanol–water partition coefficient (Wildman–Crippen LogP) is 5.76. The van der Waals surface area contributed by atoms with E-state index in [9.17, 15) is 9.59 Å². The summed E-state index contributed by atoms with van der Waals surface area (Å²) in [6.45, 7) is 1.09. The molecule has 1 aliphatic rings. The second kappa shape index (κ2) is 11.0. The van der Waals surface area contributed by atoms with Crippen LogP contribution in [0.15, 0.2) is 45.8 Å². The van der Waals surface area contributed by atoms with Gasteiger partial charge in [0.05, 0.1) is 16.5 Å². The fraction of sp³-hybridized carbons (Fsp3) is 0.273. The number of methoxy groups -OCH3 is 2. The zero-order valence-electron chi connectivity index (χ0n) is 17.0. The van der Waals surface area contributed by atoms with Gasteiger partial charge in [-0.05, 0) is 64.0 Å². The number of rotatable bonds is 9. The molecule has 31 heavy (non-hydrogen) atoms. The lowest BCUT2D eigenvalue weighted by atomic mass is 10.1. The number of hydrogen-bond acceptors (Lipinski definition) is 6. The number of hydrogen-bond donors (Lipinski definition) is 0. The van der Waals surface area contributed by atoms with Crippen LogP contribution in [0.4, 0.5) is 4.79 Å². The molecule has 1 fully saturated rings. The number of benzene rings is 2. The van der Waals surface area contributed by atoms with Crippen LogP contribution < -0.4 is 9.47 Å². The van der Waals surface area contributed by atoms with Crippen LogP contribution in [0.3, 0.4) is 0 Å². The summed E-state index contributed by atoms with van der Waals surface area (Å²) in [5.41, 5.74) is 1.56.